The van der Waals surface area contributed by atoms with Gasteiger partial charge in [0, 0.05) is 12.3 Å². The Morgan fingerprint density at radius 3 is 2.81 bits per heavy atom. The Labute approximate surface area is 123 Å². The number of nitrogens with zero attached hydrogens (tertiary/aromatic N) is 1. The highest BCUT2D eigenvalue weighted by Crippen LogP contribution is 2.39. The molecule has 1 fully saturated rings. The number of aromatic hydroxyl groups is 1. The lowest BCUT2D eigenvalue weighted by Crippen LogP contribution is -2.30. The van der Waals surface area contributed by atoms with Gasteiger partial charge in [-0.1, -0.05) is 11.6 Å². The molecule has 3 atom stereocenters. The second-order valence-electron chi connectivity index (χ2n) is 5.66. The quantitative estimate of drug-likeness (QED) is 0.868. The summed E-state index contributed by atoms with van der Waals surface area (Å²) in [5, 5.41) is 13.5. The first-order valence-corrected chi connectivity index (χ1v) is 7.29. The molecule has 5 nitrogen and oxygen atoms in total. The van der Waals surface area contributed by atoms with Gasteiger partial charge in [-0.3, -0.25) is 4.79 Å². The molecular formula is C16H19NO4. The Hall–Kier alpha value is -2.04. The van der Waals surface area contributed by atoms with Gasteiger partial charge in [-0.2, -0.15) is 0 Å². The van der Waals surface area contributed by atoms with E-state index in [1.807, 2.05) is 12.1 Å². The van der Waals surface area contributed by atoms with Gasteiger partial charge in [-0.25, -0.2) is 0 Å². The summed E-state index contributed by atoms with van der Waals surface area (Å²) in [7, 11) is 1.44. The van der Waals surface area contributed by atoms with E-state index in [0.29, 0.717) is 6.42 Å². The lowest BCUT2D eigenvalue weighted by Gasteiger charge is -2.21. The fourth-order valence-corrected chi connectivity index (χ4v) is 3.33. The van der Waals surface area contributed by atoms with Crippen LogP contribution < -0.4 is 0 Å². The Kier molecular flexibility index (Phi) is 3.82. The minimum absolute atomic E-state index is 0.0552. The molecular weight excluding hydrogens is 270 g/mol. The van der Waals surface area contributed by atoms with Crippen molar-refractivity contribution in [3.05, 3.63) is 29.8 Å². The Balaban J connectivity index is 1.68. The minimum Gasteiger partial charge on any atom is -0.508 e. The van der Waals surface area contributed by atoms with E-state index in [2.05, 4.69) is 5.16 Å². The van der Waals surface area contributed by atoms with Crippen LogP contribution in [0.1, 0.15) is 31.2 Å². The van der Waals surface area contributed by atoms with Crippen LogP contribution in [0.3, 0.4) is 0 Å². The third-order valence-corrected chi connectivity index (χ3v) is 4.44. The molecule has 0 aromatic heterocycles. The first-order valence-electron chi connectivity index (χ1n) is 7.29. The maximum absolute atomic E-state index is 11.8. The summed E-state index contributed by atoms with van der Waals surface area (Å²) in [6.07, 6.45) is 3.51. The number of methoxy groups -OCH3 is 1. The van der Waals surface area contributed by atoms with E-state index in [-0.39, 0.29) is 29.7 Å². The number of phenolic OH excluding ortho intramolecular Hbond substituents is 1. The minimum atomic E-state index is -0.140. The number of rotatable bonds is 3. The summed E-state index contributed by atoms with van der Waals surface area (Å²) in [6.45, 7) is 0. The number of benzene rings is 1. The van der Waals surface area contributed by atoms with E-state index in [0.717, 1.165) is 30.5 Å². The highest BCUT2D eigenvalue weighted by molar-refractivity contribution is 6.01. The molecule has 1 aromatic rings. The SMILES string of the molecule is COC(=O)[C@H]1CCC[C@H]1C1CC(c2ccc(O)cc2)=NO1. The molecule has 21 heavy (non-hydrogen) atoms. The highest BCUT2D eigenvalue weighted by atomic mass is 16.6. The predicted molar refractivity (Wildman–Crippen MR) is 77.0 cm³/mol. The number of oxime groups is 1. The van der Waals surface area contributed by atoms with E-state index < -0.39 is 0 Å². The third-order valence-electron chi connectivity index (χ3n) is 4.44. The van der Waals surface area contributed by atoms with Crippen molar-refractivity contribution >= 4 is 11.7 Å². The van der Waals surface area contributed by atoms with Gasteiger partial charge in [-0.05, 0) is 42.7 Å². The zero-order valence-electron chi connectivity index (χ0n) is 12.0. The molecule has 0 radical (unpaired) electrons. The zero-order chi connectivity index (χ0) is 14.8. The molecule has 5 heteroatoms. The fourth-order valence-electron chi connectivity index (χ4n) is 3.33. The standard InChI is InChI=1S/C16H19NO4/c1-20-16(19)13-4-2-3-12(13)15-9-14(17-21-15)10-5-7-11(18)8-6-10/h5-8,12-13,15,18H,2-4,9H2,1H3/t12-,13+,15?/m1/s1. The highest BCUT2D eigenvalue weighted by Gasteiger charge is 2.42. The maximum atomic E-state index is 11.8. The number of hydrogen-bond acceptors (Lipinski definition) is 5. The molecule has 0 spiro atoms. The average molecular weight is 289 g/mol. The second kappa shape index (κ2) is 5.76. The fraction of sp³-hybridized carbons (Fsp3) is 0.500. The molecule has 112 valence electrons. The van der Waals surface area contributed by atoms with Crippen molar-refractivity contribution in [2.75, 3.05) is 7.11 Å². The largest absolute Gasteiger partial charge is 0.508 e. The summed E-state index contributed by atoms with van der Waals surface area (Å²) >= 11 is 0. The molecule has 1 N–H and O–H groups in total. The normalized spacial score (nSPS) is 28.0. The van der Waals surface area contributed by atoms with E-state index in [1.54, 1.807) is 12.1 Å². The van der Waals surface area contributed by atoms with E-state index in [1.165, 1.54) is 7.11 Å². The van der Waals surface area contributed by atoms with Gasteiger partial charge in [0.15, 0.2) is 0 Å². The van der Waals surface area contributed by atoms with Gasteiger partial charge >= 0.3 is 5.97 Å². The van der Waals surface area contributed by atoms with Crippen LogP contribution in [0.15, 0.2) is 29.4 Å². The van der Waals surface area contributed by atoms with Gasteiger partial charge < -0.3 is 14.7 Å². The number of carbonyl (C=O) groups is 1. The molecule has 1 aliphatic heterocycles. The van der Waals surface area contributed by atoms with E-state index >= 15 is 0 Å². The first kappa shape index (κ1) is 13.9. The van der Waals surface area contributed by atoms with Crippen LogP contribution in [-0.2, 0) is 14.4 Å². The van der Waals surface area contributed by atoms with Crippen molar-refractivity contribution < 1.29 is 19.5 Å². The molecule has 0 bridgehead atoms. The van der Waals surface area contributed by atoms with Gasteiger partial charge in [-0.15, -0.1) is 0 Å². The number of phenols is 1. The number of hydrogen-bond donors (Lipinski definition) is 1. The summed E-state index contributed by atoms with van der Waals surface area (Å²) < 4.78 is 4.89. The molecule has 2 aliphatic rings. The Morgan fingerprint density at radius 1 is 1.33 bits per heavy atom. The summed E-state index contributed by atoms with van der Waals surface area (Å²) in [5.41, 5.74) is 1.82. The zero-order valence-corrected chi connectivity index (χ0v) is 12.0. The lowest BCUT2D eigenvalue weighted by molar-refractivity contribution is -0.148. The van der Waals surface area contributed by atoms with Gasteiger partial charge in [0.1, 0.15) is 11.9 Å². The van der Waals surface area contributed by atoms with E-state index in [9.17, 15) is 9.90 Å². The van der Waals surface area contributed by atoms with Crippen LogP contribution in [0.25, 0.3) is 0 Å². The monoisotopic (exact) mass is 289 g/mol. The first-order chi connectivity index (χ1) is 10.2. The van der Waals surface area contributed by atoms with Crippen LogP contribution in [0.2, 0.25) is 0 Å². The summed E-state index contributed by atoms with van der Waals surface area (Å²) in [6, 6.07) is 6.93. The topological polar surface area (TPSA) is 68.1 Å². The number of carbonyl (C=O) groups excluding carboxylic acids is 1. The lowest BCUT2D eigenvalue weighted by atomic mass is 9.87. The van der Waals surface area contributed by atoms with Crippen LogP contribution in [0, 0.1) is 11.8 Å². The molecule has 1 aromatic carbocycles. The van der Waals surface area contributed by atoms with Gasteiger partial charge in [0.2, 0.25) is 0 Å². The molecule has 0 amide bonds. The van der Waals surface area contributed by atoms with Crippen LogP contribution in [-0.4, -0.2) is 30.0 Å². The molecule has 1 heterocycles. The number of esters is 1. The van der Waals surface area contributed by atoms with Crippen molar-refractivity contribution in [3.63, 3.8) is 0 Å². The smallest absolute Gasteiger partial charge is 0.309 e. The van der Waals surface area contributed by atoms with Gasteiger partial charge in [0.25, 0.3) is 0 Å². The van der Waals surface area contributed by atoms with Crippen molar-refractivity contribution in [3.8, 4) is 5.75 Å². The number of ether oxygens (including phenoxy) is 1. The molecule has 1 saturated carbocycles. The molecule has 0 saturated heterocycles. The van der Waals surface area contributed by atoms with Crippen LogP contribution in [0.5, 0.6) is 5.75 Å². The summed E-state index contributed by atoms with van der Waals surface area (Å²) in [5.74, 6) is 0.195. The second-order valence-corrected chi connectivity index (χ2v) is 5.66. The van der Waals surface area contributed by atoms with Crippen molar-refractivity contribution in [1.82, 2.24) is 0 Å². The Morgan fingerprint density at radius 2 is 2.10 bits per heavy atom. The third kappa shape index (κ3) is 2.73. The molecule has 3 rings (SSSR count). The Bertz CT molecular complexity index is 552. The molecule has 1 aliphatic carbocycles. The van der Waals surface area contributed by atoms with Crippen molar-refractivity contribution in [2.24, 2.45) is 17.0 Å². The molecule has 1 unspecified atom stereocenters. The maximum Gasteiger partial charge on any atom is 0.309 e. The van der Waals surface area contributed by atoms with Crippen molar-refractivity contribution in [2.45, 2.75) is 31.8 Å². The van der Waals surface area contributed by atoms with Gasteiger partial charge in [0.05, 0.1) is 18.7 Å². The van der Waals surface area contributed by atoms with E-state index in [4.69, 9.17) is 9.57 Å². The average Bonchev–Trinajstić information content (AvgIpc) is 3.15. The summed E-state index contributed by atoms with van der Waals surface area (Å²) in [4.78, 5) is 17.4. The van der Waals surface area contributed by atoms with Crippen LogP contribution >= 0.6 is 0 Å². The van der Waals surface area contributed by atoms with Crippen molar-refractivity contribution in [1.29, 1.82) is 0 Å². The predicted octanol–water partition coefficient (Wildman–Crippen LogP) is 2.47. The van der Waals surface area contributed by atoms with Crippen LogP contribution in [0.4, 0.5) is 0 Å².